The molecule has 0 aliphatic carbocycles. The van der Waals surface area contributed by atoms with E-state index in [0.717, 1.165) is 0 Å². The lowest BCUT2D eigenvalue weighted by atomic mass is 10.1. The first-order valence-corrected chi connectivity index (χ1v) is 9.22. The Bertz CT molecular complexity index is 210. The topological polar surface area (TPSA) is 16.6 Å². The lowest BCUT2D eigenvalue weighted by Crippen LogP contribution is -3.00. The fraction of sp³-hybridized carbons (Fsp3) is 0.895. The molecule has 0 aromatic rings. The fourth-order valence-corrected chi connectivity index (χ4v) is 2.57. The van der Waals surface area contributed by atoms with Crippen LogP contribution in [0.2, 0.25) is 0 Å². The zero-order valence-corrected chi connectivity index (χ0v) is 15.7. The van der Waals surface area contributed by atoms with Crippen molar-refractivity contribution in [1.29, 1.82) is 0 Å². The average molecular weight is 318 g/mol. The van der Waals surface area contributed by atoms with Gasteiger partial charge in [-0.25, -0.2) is 0 Å². The van der Waals surface area contributed by atoms with Crippen LogP contribution in [0.25, 0.3) is 0 Å². The number of hydrogen-bond donors (Lipinski definition) is 1. The van der Waals surface area contributed by atoms with Crippen molar-refractivity contribution in [3.63, 3.8) is 0 Å². The average Bonchev–Trinajstić information content (AvgIpc) is 2.43. The molecule has 0 saturated carbocycles. The molecule has 0 aliphatic heterocycles. The van der Waals surface area contributed by atoms with Gasteiger partial charge in [0.25, 0.3) is 0 Å². The summed E-state index contributed by atoms with van der Waals surface area (Å²) in [7, 11) is 0. The van der Waals surface area contributed by atoms with Crippen LogP contribution in [0.1, 0.15) is 97.8 Å². The summed E-state index contributed by atoms with van der Waals surface area (Å²) in [5.74, 6) is 0. The summed E-state index contributed by atoms with van der Waals surface area (Å²) in [5, 5.41) is 2.43. The Labute approximate surface area is 140 Å². The summed E-state index contributed by atoms with van der Waals surface area (Å²) in [6, 6.07) is 0. The third-order valence-corrected chi connectivity index (χ3v) is 3.95. The maximum atomic E-state index is 2.43. The molecule has 0 atom stereocenters. The Kier molecular flexibility index (Phi) is 22.1. The van der Waals surface area contributed by atoms with E-state index in [4.69, 9.17) is 0 Å². The van der Waals surface area contributed by atoms with Crippen LogP contribution in [0.15, 0.2) is 11.6 Å². The van der Waals surface area contributed by atoms with Gasteiger partial charge in [-0.05, 0) is 32.8 Å². The third-order valence-electron chi connectivity index (χ3n) is 3.95. The predicted molar refractivity (Wildman–Crippen MR) is 92.2 cm³/mol. The van der Waals surface area contributed by atoms with E-state index in [1.54, 1.807) is 0 Å². The molecule has 0 spiro atoms. The van der Waals surface area contributed by atoms with E-state index in [0.29, 0.717) is 0 Å². The minimum atomic E-state index is 0. The first kappa shape index (κ1) is 23.3. The molecule has 21 heavy (non-hydrogen) atoms. The lowest BCUT2D eigenvalue weighted by molar-refractivity contribution is -0.646. The van der Waals surface area contributed by atoms with Crippen molar-refractivity contribution >= 4 is 0 Å². The molecule has 128 valence electrons. The standard InChI is InChI=1S/C19H39N.ClH/c1-4-5-6-7-8-9-10-11-12-13-14-15-17-20-18-16-19(2)3;/h16,20H,4-15,17-18H2,1-3H3;1H. The van der Waals surface area contributed by atoms with Gasteiger partial charge in [-0.15, -0.1) is 0 Å². The summed E-state index contributed by atoms with van der Waals surface area (Å²) in [6.45, 7) is 9.12. The lowest BCUT2D eigenvalue weighted by Gasteiger charge is -2.02. The van der Waals surface area contributed by atoms with Crippen molar-refractivity contribution in [2.45, 2.75) is 97.8 Å². The van der Waals surface area contributed by atoms with E-state index in [1.807, 2.05) is 0 Å². The highest BCUT2D eigenvalue weighted by Crippen LogP contribution is 2.11. The monoisotopic (exact) mass is 317 g/mol. The highest BCUT2D eigenvalue weighted by Gasteiger charge is 1.94. The van der Waals surface area contributed by atoms with Crippen LogP contribution in [-0.2, 0) is 0 Å². The minimum Gasteiger partial charge on any atom is -1.00 e. The quantitative estimate of drug-likeness (QED) is 0.352. The summed E-state index contributed by atoms with van der Waals surface area (Å²) < 4.78 is 0. The van der Waals surface area contributed by atoms with E-state index < -0.39 is 0 Å². The summed E-state index contributed by atoms with van der Waals surface area (Å²) in [5.41, 5.74) is 1.44. The fourth-order valence-electron chi connectivity index (χ4n) is 2.57. The molecule has 0 bridgehead atoms. The van der Waals surface area contributed by atoms with Crippen molar-refractivity contribution in [3.05, 3.63) is 11.6 Å². The second-order valence-electron chi connectivity index (χ2n) is 6.48. The highest BCUT2D eigenvalue weighted by atomic mass is 35.5. The van der Waals surface area contributed by atoms with Crippen LogP contribution in [-0.4, -0.2) is 13.1 Å². The van der Waals surface area contributed by atoms with Gasteiger partial charge in [-0.1, -0.05) is 76.7 Å². The minimum absolute atomic E-state index is 0. The highest BCUT2D eigenvalue weighted by molar-refractivity contribution is 4.91. The van der Waals surface area contributed by atoms with Gasteiger partial charge in [0, 0.05) is 0 Å². The molecule has 0 fully saturated rings. The molecule has 0 aliphatic rings. The van der Waals surface area contributed by atoms with Gasteiger partial charge in [0.15, 0.2) is 0 Å². The maximum absolute atomic E-state index is 2.43. The van der Waals surface area contributed by atoms with E-state index >= 15 is 0 Å². The SMILES string of the molecule is CCCCCCCCCCCCCC[NH2+]CC=C(C)C.[Cl-]. The maximum Gasteiger partial charge on any atom is 0.0944 e. The number of rotatable bonds is 15. The molecule has 0 aromatic carbocycles. The van der Waals surface area contributed by atoms with E-state index in [9.17, 15) is 0 Å². The Morgan fingerprint density at radius 2 is 1.14 bits per heavy atom. The van der Waals surface area contributed by atoms with Gasteiger partial charge in [0.05, 0.1) is 13.1 Å². The van der Waals surface area contributed by atoms with Crippen molar-refractivity contribution in [2.75, 3.05) is 13.1 Å². The Hall–Kier alpha value is -0.0100. The number of hydrogen-bond acceptors (Lipinski definition) is 0. The number of halogens is 1. The Morgan fingerprint density at radius 3 is 1.57 bits per heavy atom. The smallest absolute Gasteiger partial charge is 0.0944 e. The van der Waals surface area contributed by atoms with Crippen LogP contribution in [0, 0.1) is 0 Å². The van der Waals surface area contributed by atoms with Gasteiger partial charge in [0.2, 0.25) is 0 Å². The van der Waals surface area contributed by atoms with Gasteiger partial charge in [-0.3, -0.25) is 0 Å². The summed E-state index contributed by atoms with van der Waals surface area (Å²) in [4.78, 5) is 0. The van der Waals surface area contributed by atoms with Crippen molar-refractivity contribution in [3.8, 4) is 0 Å². The van der Waals surface area contributed by atoms with Gasteiger partial charge in [-0.2, -0.15) is 0 Å². The van der Waals surface area contributed by atoms with Crippen molar-refractivity contribution < 1.29 is 17.7 Å². The third kappa shape index (κ3) is 22.4. The predicted octanol–water partition coefficient (Wildman–Crippen LogP) is 2.22. The number of allylic oxidation sites excluding steroid dienone is 1. The van der Waals surface area contributed by atoms with Crippen LogP contribution in [0.5, 0.6) is 0 Å². The molecule has 2 N–H and O–H groups in total. The molecule has 0 amide bonds. The van der Waals surface area contributed by atoms with Crippen LogP contribution < -0.4 is 17.7 Å². The molecule has 0 rings (SSSR count). The largest absolute Gasteiger partial charge is 1.00 e. The molecule has 1 nitrogen and oxygen atoms in total. The van der Waals surface area contributed by atoms with Gasteiger partial charge in [0.1, 0.15) is 0 Å². The Morgan fingerprint density at radius 1 is 0.714 bits per heavy atom. The molecular weight excluding hydrogens is 278 g/mol. The first-order chi connectivity index (χ1) is 9.77. The van der Waals surface area contributed by atoms with Gasteiger partial charge < -0.3 is 17.7 Å². The molecule has 2 heteroatoms. The summed E-state index contributed by atoms with van der Waals surface area (Å²) >= 11 is 0. The van der Waals surface area contributed by atoms with Crippen LogP contribution in [0.3, 0.4) is 0 Å². The van der Waals surface area contributed by atoms with E-state index in [-0.39, 0.29) is 12.4 Å². The molecule has 0 unspecified atom stereocenters. The molecule has 0 aromatic heterocycles. The van der Waals surface area contributed by atoms with Crippen LogP contribution >= 0.6 is 0 Å². The van der Waals surface area contributed by atoms with Crippen molar-refractivity contribution in [2.24, 2.45) is 0 Å². The van der Waals surface area contributed by atoms with Crippen LogP contribution in [0.4, 0.5) is 0 Å². The zero-order valence-electron chi connectivity index (χ0n) is 14.9. The summed E-state index contributed by atoms with van der Waals surface area (Å²) in [6.07, 6.45) is 19.7. The molecule has 0 radical (unpaired) electrons. The number of quaternary nitrogens is 1. The van der Waals surface area contributed by atoms with Gasteiger partial charge >= 0.3 is 0 Å². The van der Waals surface area contributed by atoms with E-state index in [1.165, 1.54) is 95.7 Å². The van der Waals surface area contributed by atoms with Crippen molar-refractivity contribution in [1.82, 2.24) is 0 Å². The van der Waals surface area contributed by atoms with E-state index in [2.05, 4.69) is 32.2 Å². The number of nitrogens with two attached hydrogens (primary N) is 1. The molecular formula is C19H40ClN. The second-order valence-corrected chi connectivity index (χ2v) is 6.48. The zero-order chi connectivity index (χ0) is 14.9. The molecule has 0 heterocycles. The second kappa shape index (κ2) is 20.0. The normalized spacial score (nSPS) is 10.2. The number of unbranched alkanes of at least 4 members (excludes halogenated alkanes) is 11. The molecule has 0 saturated heterocycles. The Balaban J connectivity index is 0. The first-order valence-electron chi connectivity index (χ1n) is 9.22.